The van der Waals surface area contributed by atoms with Gasteiger partial charge in [0.05, 0.1) is 0 Å². The van der Waals surface area contributed by atoms with Gasteiger partial charge in [0, 0.05) is 12.6 Å². The number of rotatable bonds is 8. The van der Waals surface area contributed by atoms with Crippen LogP contribution in [0, 0.1) is 0 Å². The lowest BCUT2D eigenvalue weighted by molar-refractivity contribution is -0.175. The van der Waals surface area contributed by atoms with Crippen LogP contribution in [0.15, 0.2) is 0 Å². The van der Waals surface area contributed by atoms with E-state index in [9.17, 15) is 18.0 Å². The van der Waals surface area contributed by atoms with Crippen LogP contribution in [0.5, 0.6) is 0 Å². The fourth-order valence-electron chi connectivity index (χ4n) is 1.55. The van der Waals surface area contributed by atoms with Crippen molar-refractivity contribution >= 4 is 5.91 Å². The standard InChI is InChI=1S/C11H21F3N2O2/c1-4-16(5-2)9(3)6-15-10(17)7-18-8-11(12,13)14/h9H,4-8H2,1-3H3,(H,15,17). The van der Waals surface area contributed by atoms with E-state index in [0.29, 0.717) is 6.54 Å². The second kappa shape index (κ2) is 8.31. The van der Waals surface area contributed by atoms with E-state index in [-0.39, 0.29) is 6.04 Å². The van der Waals surface area contributed by atoms with E-state index < -0.39 is 25.3 Å². The predicted molar refractivity (Wildman–Crippen MR) is 62.3 cm³/mol. The number of alkyl halides is 3. The molecule has 18 heavy (non-hydrogen) atoms. The third-order valence-electron chi connectivity index (χ3n) is 2.53. The Labute approximate surface area is 105 Å². The molecule has 0 aliphatic heterocycles. The van der Waals surface area contributed by atoms with Gasteiger partial charge in [-0.15, -0.1) is 0 Å². The van der Waals surface area contributed by atoms with Gasteiger partial charge in [0.25, 0.3) is 0 Å². The van der Waals surface area contributed by atoms with Gasteiger partial charge in [0.15, 0.2) is 0 Å². The molecule has 1 N–H and O–H groups in total. The first-order chi connectivity index (χ1) is 8.30. The second-order valence-electron chi connectivity index (χ2n) is 3.98. The highest BCUT2D eigenvalue weighted by Crippen LogP contribution is 2.13. The van der Waals surface area contributed by atoms with Crippen molar-refractivity contribution in [2.75, 3.05) is 32.8 Å². The number of amides is 1. The maximum atomic E-state index is 11.8. The van der Waals surface area contributed by atoms with Gasteiger partial charge in [0.2, 0.25) is 5.91 Å². The lowest BCUT2D eigenvalue weighted by Crippen LogP contribution is -2.43. The van der Waals surface area contributed by atoms with Crippen molar-refractivity contribution in [3.8, 4) is 0 Å². The van der Waals surface area contributed by atoms with Gasteiger partial charge >= 0.3 is 6.18 Å². The number of nitrogens with one attached hydrogen (secondary N) is 1. The normalized spacial score (nSPS) is 13.7. The quantitative estimate of drug-likeness (QED) is 0.725. The molecule has 0 heterocycles. The third kappa shape index (κ3) is 8.30. The lowest BCUT2D eigenvalue weighted by atomic mass is 10.3. The Morgan fingerprint density at radius 1 is 1.33 bits per heavy atom. The van der Waals surface area contributed by atoms with E-state index in [2.05, 4.69) is 15.0 Å². The summed E-state index contributed by atoms with van der Waals surface area (Å²) in [5.41, 5.74) is 0. The Bertz CT molecular complexity index is 243. The summed E-state index contributed by atoms with van der Waals surface area (Å²) >= 11 is 0. The molecule has 0 spiro atoms. The maximum absolute atomic E-state index is 11.8. The molecule has 0 aliphatic carbocycles. The molecule has 0 bridgehead atoms. The van der Waals surface area contributed by atoms with Crippen molar-refractivity contribution < 1.29 is 22.7 Å². The molecule has 1 amide bonds. The molecule has 108 valence electrons. The summed E-state index contributed by atoms with van der Waals surface area (Å²) in [4.78, 5) is 13.3. The molecule has 0 saturated carbocycles. The number of hydrogen-bond donors (Lipinski definition) is 1. The second-order valence-corrected chi connectivity index (χ2v) is 3.98. The first-order valence-electron chi connectivity index (χ1n) is 5.95. The van der Waals surface area contributed by atoms with Gasteiger partial charge in [-0.2, -0.15) is 13.2 Å². The van der Waals surface area contributed by atoms with Crippen molar-refractivity contribution in [2.24, 2.45) is 0 Å². The number of likely N-dealkylation sites (N-methyl/N-ethyl adjacent to an activating group) is 1. The van der Waals surface area contributed by atoms with Crippen LogP contribution < -0.4 is 5.32 Å². The maximum Gasteiger partial charge on any atom is 0.411 e. The Kier molecular flexibility index (Phi) is 7.93. The van der Waals surface area contributed by atoms with Crippen molar-refractivity contribution in [3.05, 3.63) is 0 Å². The summed E-state index contributed by atoms with van der Waals surface area (Å²) in [5, 5.41) is 2.54. The molecule has 1 atom stereocenters. The van der Waals surface area contributed by atoms with Crippen molar-refractivity contribution in [1.29, 1.82) is 0 Å². The lowest BCUT2D eigenvalue weighted by Gasteiger charge is -2.26. The molecule has 0 aliphatic rings. The van der Waals surface area contributed by atoms with Crippen LogP contribution in [-0.2, 0) is 9.53 Å². The molecule has 0 saturated heterocycles. The predicted octanol–water partition coefficient (Wildman–Crippen LogP) is 1.41. The van der Waals surface area contributed by atoms with E-state index in [1.807, 2.05) is 20.8 Å². The molecule has 7 heteroatoms. The fourth-order valence-corrected chi connectivity index (χ4v) is 1.55. The minimum absolute atomic E-state index is 0.145. The van der Waals surface area contributed by atoms with Crippen molar-refractivity contribution in [1.82, 2.24) is 10.2 Å². The number of ether oxygens (including phenoxy) is 1. The Hall–Kier alpha value is -0.820. The van der Waals surface area contributed by atoms with Gasteiger partial charge in [0.1, 0.15) is 13.2 Å². The molecule has 0 fully saturated rings. The van der Waals surface area contributed by atoms with Crippen LogP contribution in [-0.4, -0.2) is 55.9 Å². The Morgan fingerprint density at radius 3 is 2.33 bits per heavy atom. The molecule has 0 rings (SSSR count). The summed E-state index contributed by atoms with van der Waals surface area (Å²) in [6, 6.07) is 0.145. The van der Waals surface area contributed by atoms with Crippen molar-refractivity contribution in [2.45, 2.75) is 33.0 Å². The number of carbonyl (C=O) groups excluding carboxylic acids is 1. The monoisotopic (exact) mass is 270 g/mol. The number of halogens is 3. The van der Waals surface area contributed by atoms with Crippen LogP contribution >= 0.6 is 0 Å². The topological polar surface area (TPSA) is 41.6 Å². The zero-order valence-electron chi connectivity index (χ0n) is 11.0. The molecular formula is C11H21F3N2O2. The van der Waals surface area contributed by atoms with Crippen molar-refractivity contribution in [3.63, 3.8) is 0 Å². The fraction of sp³-hybridized carbons (Fsp3) is 0.909. The smallest absolute Gasteiger partial charge is 0.362 e. The number of carbonyl (C=O) groups is 1. The average Bonchev–Trinajstić information content (AvgIpc) is 2.26. The van der Waals surface area contributed by atoms with Gasteiger partial charge < -0.3 is 10.1 Å². The van der Waals surface area contributed by atoms with Gasteiger partial charge in [-0.1, -0.05) is 13.8 Å². The first-order valence-corrected chi connectivity index (χ1v) is 5.95. The van der Waals surface area contributed by atoms with Gasteiger partial charge in [-0.05, 0) is 20.0 Å². The van der Waals surface area contributed by atoms with E-state index in [4.69, 9.17) is 0 Å². The molecule has 0 aromatic rings. The summed E-state index contributed by atoms with van der Waals surface area (Å²) in [7, 11) is 0. The molecule has 0 radical (unpaired) electrons. The largest absolute Gasteiger partial charge is 0.411 e. The highest BCUT2D eigenvalue weighted by Gasteiger charge is 2.27. The molecule has 1 unspecified atom stereocenters. The van der Waals surface area contributed by atoms with Gasteiger partial charge in [-0.3, -0.25) is 9.69 Å². The van der Waals surface area contributed by atoms with E-state index in [1.165, 1.54) is 0 Å². The zero-order chi connectivity index (χ0) is 14.2. The minimum atomic E-state index is -4.39. The van der Waals surface area contributed by atoms with E-state index in [0.717, 1.165) is 13.1 Å². The number of hydrogen-bond acceptors (Lipinski definition) is 3. The van der Waals surface area contributed by atoms with Crippen LogP contribution in [0.25, 0.3) is 0 Å². The van der Waals surface area contributed by atoms with Crippen LogP contribution in [0.4, 0.5) is 13.2 Å². The third-order valence-corrected chi connectivity index (χ3v) is 2.53. The molecule has 0 aromatic carbocycles. The molecule has 0 aromatic heterocycles. The summed E-state index contributed by atoms with van der Waals surface area (Å²) < 4.78 is 39.5. The highest BCUT2D eigenvalue weighted by molar-refractivity contribution is 5.77. The first kappa shape index (κ1) is 17.2. The molecule has 4 nitrogen and oxygen atoms in total. The van der Waals surface area contributed by atoms with Gasteiger partial charge in [-0.25, -0.2) is 0 Å². The summed E-state index contributed by atoms with van der Waals surface area (Å²) in [6.07, 6.45) is -4.39. The average molecular weight is 270 g/mol. The van der Waals surface area contributed by atoms with Crippen LogP contribution in [0.1, 0.15) is 20.8 Å². The molecular weight excluding hydrogens is 249 g/mol. The minimum Gasteiger partial charge on any atom is -0.362 e. The Balaban J connectivity index is 3.76. The van der Waals surface area contributed by atoms with Crippen LogP contribution in [0.2, 0.25) is 0 Å². The summed E-state index contributed by atoms with van der Waals surface area (Å²) in [6.45, 7) is 6.12. The zero-order valence-corrected chi connectivity index (χ0v) is 11.0. The Morgan fingerprint density at radius 2 is 1.89 bits per heavy atom. The number of nitrogens with zero attached hydrogens (tertiary/aromatic N) is 1. The van der Waals surface area contributed by atoms with Crippen LogP contribution in [0.3, 0.4) is 0 Å². The highest BCUT2D eigenvalue weighted by atomic mass is 19.4. The van der Waals surface area contributed by atoms with E-state index in [1.54, 1.807) is 0 Å². The SMILES string of the molecule is CCN(CC)C(C)CNC(=O)COCC(F)(F)F. The van der Waals surface area contributed by atoms with E-state index >= 15 is 0 Å². The summed E-state index contributed by atoms with van der Waals surface area (Å²) in [5.74, 6) is -0.529.